The van der Waals surface area contributed by atoms with Crippen LogP contribution < -0.4 is 0 Å². The van der Waals surface area contributed by atoms with E-state index in [0.717, 1.165) is 6.42 Å². The Kier molecular flexibility index (Phi) is 6.14. The molecule has 0 aliphatic carbocycles. The molecule has 0 atom stereocenters. The van der Waals surface area contributed by atoms with E-state index < -0.39 is 10.0 Å². The molecule has 6 heteroatoms. The number of rotatable bonds is 7. The lowest BCUT2D eigenvalue weighted by Crippen LogP contribution is -2.28. The van der Waals surface area contributed by atoms with Crippen LogP contribution in [-0.4, -0.2) is 38.0 Å². The van der Waals surface area contributed by atoms with Gasteiger partial charge in [0.1, 0.15) is 0 Å². The summed E-state index contributed by atoms with van der Waals surface area (Å²) in [4.78, 5) is 0.182. The van der Waals surface area contributed by atoms with Crippen molar-refractivity contribution < 1.29 is 13.5 Å². The quantitative estimate of drug-likeness (QED) is 0.776. The number of sulfonamides is 1. The number of nitrogens with zero attached hydrogens (tertiary/aromatic N) is 2. The van der Waals surface area contributed by atoms with Crippen LogP contribution in [0.2, 0.25) is 0 Å². The topological polar surface area (TPSA) is 81.4 Å². The maximum Gasteiger partial charge on any atom is 0.243 e. The van der Waals surface area contributed by atoms with Crippen LogP contribution >= 0.6 is 0 Å². The molecule has 0 saturated carbocycles. The van der Waals surface area contributed by atoms with Gasteiger partial charge in [0.15, 0.2) is 0 Å². The smallest absolute Gasteiger partial charge is 0.243 e. The fourth-order valence-corrected chi connectivity index (χ4v) is 3.31. The first-order valence-electron chi connectivity index (χ1n) is 6.51. The summed E-state index contributed by atoms with van der Waals surface area (Å²) in [5.41, 5.74) is 0.967. The average molecular weight is 296 g/mol. The first-order chi connectivity index (χ1) is 9.43. The molecule has 0 bridgehead atoms. The summed E-state index contributed by atoms with van der Waals surface area (Å²) < 4.78 is 26.2. The van der Waals surface area contributed by atoms with Crippen LogP contribution in [0.5, 0.6) is 0 Å². The number of aliphatic hydroxyl groups excluding tert-OH is 1. The van der Waals surface area contributed by atoms with Crippen LogP contribution in [0.1, 0.15) is 30.4 Å². The summed E-state index contributed by atoms with van der Waals surface area (Å²) in [5, 5.41) is 17.6. The second-order valence-corrected chi connectivity index (χ2v) is 6.72. The highest BCUT2D eigenvalue weighted by atomic mass is 32.2. The second-order valence-electron chi connectivity index (χ2n) is 4.70. The zero-order valence-corrected chi connectivity index (χ0v) is 12.7. The highest BCUT2D eigenvalue weighted by molar-refractivity contribution is 7.89. The summed E-state index contributed by atoms with van der Waals surface area (Å²) in [6.07, 6.45) is 2.16. The average Bonchev–Trinajstić information content (AvgIpc) is 2.43. The normalized spacial score (nSPS) is 11.6. The Bertz CT molecular complexity index is 591. The maximum absolute atomic E-state index is 12.5. The van der Waals surface area contributed by atoms with E-state index in [1.54, 1.807) is 19.1 Å². The van der Waals surface area contributed by atoms with Crippen molar-refractivity contribution in [2.75, 3.05) is 20.2 Å². The summed E-state index contributed by atoms with van der Waals surface area (Å²) >= 11 is 0. The van der Waals surface area contributed by atoms with Crippen LogP contribution in [0.3, 0.4) is 0 Å². The minimum Gasteiger partial charge on any atom is -0.396 e. The molecule has 0 radical (unpaired) electrons. The number of benzene rings is 1. The van der Waals surface area contributed by atoms with Gasteiger partial charge in [-0.15, -0.1) is 0 Å². The Morgan fingerprint density at radius 2 is 2.00 bits per heavy atom. The predicted molar refractivity (Wildman–Crippen MR) is 76.6 cm³/mol. The van der Waals surface area contributed by atoms with Crippen molar-refractivity contribution in [1.82, 2.24) is 4.31 Å². The zero-order valence-electron chi connectivity index (χ0n) is 11.8. The fourth-order valence-electron chi connectivity index (χ4n) is 1.86. The van der Waals surface area contributed by atoms with E-state index in [9.17, 15) is 8.42 Å². The molecule has 20 heavy (non-hydrogen) atoms. The SMILES string of the molecule is Cc1ccc(C#N)cc1S(=O)(=O)N(C)CCCCCO. The third-order valence-corrected chi connectivity index (χ3v) is 5.14. The van der Waals surface area contributed by atoms with Crippen molar-refractivity contribution in [3.05, 3.63) is 29.3 Å². The number of aliphatic hydroxyl groups is 1. The first kappa shape index (κ1) is 16.6. The third-order valence-electron chi connectivity index (χ3n) is 3.14. The Hall–Kier alpha value is -1.42. The molecule has 0 amide bonds. The van der Waals surface area contributed by atoms with Gasteiger partial charge in [-0.05, 0) is 43.9 Å². The molecule has 0 fully saturated rings. The maximum atomic E-state index is 12.5. The van der Waals surface area contributed by atoms with E-state index in [1.807, 2.05) is 6.07 Å². The van der Waals surface area contributed by atoms with Crippen molar-refractivity contribution in [2.24, 2.45) is 0 Å². The first-order valence-corrected chi connectivity index (χ1v) is 7.95. The van der Waals surface area contributed by atoms with E-state index in [1.165, 1.54) is 17.4 Å². The van der Waals surface area contributed by atoms with Crippen LogP contribution in [0.25, 0.3) is 0 Å². The van der Waals surface area contributed by atoms with Crippen LogP contribution in [0.4, 0.5) is 0 Å². The van der Waals surface area contributed by atoms with Crippen LogP contribution in [0.15, 0.2) is 23.1 Å². The number of nitriles is 1. The summed E-state index contributed by atoms with van der Waals surface area (Å²) in [5.74, 6) is 0. The predicted octanol–water partition coefficient (Wildman–Crippen LogP) is 1.65. The minimum atomic E-state index is -3.57. The highest BCUT2D eigenvalue weighted by Gasteiger charge is 2.22. The lowest BCUT2D eigenvalue weighted by Gasteiger charge is -2.18. The lowest BCUT2D eigenvalue weighted by atomic mass is 10.2. The molecule has 1 aromatic rings. The van der Waals surface area contributed by atoms with Gasteiger partial charge >= 0.3 is 0 Å². The van der Waals surface area contributed by atoms with Crippen molar-refractivity contribution in [1.29, 1.82) is 5.26 Å². The van der Waals surface area contributed by atoms with Crippen molar-refractivity contribution in [3.8, 4) is 6.07 Å². The standard InChI is InChI=1S/C14H20N2O3S/c1-12-6-7-13(11-15)10-14(12)20(18,19)16(2)8-4-3-5-9-17/h6-7,10,17H,3-5,8-9H2,1-2H3. The Morgan fingerprint density at radius 1 is 1.30 bits per heavy atom. The van der Waals surface area contributed by atoms with Gasteiger partial charge in [-0.1, -0.05) is 6.07 Å². The molecule has 0 spiro atoms. The fraction of sp³-hybridized carbons (Fsp3) is 0.500. The van der Waals surface area contributed by atoms with E-state index in [4.69, 9.17) is 10.4 Å². The molecule has 0 aliphatic rings. The van der Waals surface area contributed by atoms with Crippen LogP contribution in [-0.2, 0) is 10.0 Å². The molecule has 1 N–H and O–H groups in total. The van der Waals surface area contributed by atoms with Crippen molar-refractivity contribution in [3.63, 3.8) is 0 Å². The Morgan fingerprint density at radius 3 is 2.60 bits per heavy atom. The van der Waals surface area contributed by atoms with Gasteiger partial charge in [-0.3, -0.25) is 0 Å². The van der Waals surface area contributed by atoms with Gasteiger partial charge in [-0.25, -0.2) is 12.7 Å². The molecule has 1 rings (SSSR count). The molecule has 0 saturated heterocycles. The Labute approximate surface area is 120 Å². The van der Waals surface area contributed by atoms with E-state index >= 15 is 0 Å². The van der Waals surface area contributed by atoms with E-state index in [0.29, 0.717) is 30.5 Å². The van der Waals surface area contributed by atoms with Gasteiger partial charge < -0.3 is 5.11 Å². The summed E-state index contributed by atoms with van der Waals surface area (Å²) in [7, 11) is -2.04. The zero-order chi connectivity index (χ0) is 15.2. The minimum absolute atomic E-state index is 0.125. The van der Waals surface area contributed by atoms with Gasteiger partial charge in [0.05, 0.1) is 16.5 Å². The van der Waals surface area contributed by atoms with Gasteiger partial charge in [0.2, 0.25) is 10.0 Å². The molecular weight excluding hydrogens is 276 g/mol. The number of aryl methyl sites for hydroxylation is 1. The largest absolute Gasteiger partial charge is 0.396 e. The second kappa shape index (κ2) is 7.39. The Balaban J connectivity index is 2.90. The van der Waals surface area contributed by atoms with E-state index in [-0.39, 0.29) is 11.5 Å². The molecule has 1 aromatic carbocycles. The van der Waals surface area contributed by atoms with Gasteiger partial charge in [0.25, 0.3) is 0 Å². The lowest BCUT2D eigenvalue weighted by molar-refractivity contribution is 0.281. The molecule has 5 nitrogen and oxygen atoms in total. The third kappa shape index (κ3) is 4.04. The van der Waals surface area contributed by atoms with Crippen molar-refractivity contribution in [2.45, 2.75) is 31.1 Å². The molecule has 0 aromatic heterocycles. The molecule has 0 unspecified atom stereocenters. The molecule has 110 valence electrons. The molecular formula is C14H20N2O3S. The monoisotopic (exact) mass is 296 g/mol. The number of hydrogen-bond acceptors (Lipinski definition) is 4. The number of hydrogen-bond donors (Lipinski definition) is 1. The van der Waals surface area contributed by atoms with Crippen molar-refractivity contribution >= 4 is 10.0 Å². The number of unbranched alkanes of at least 4 members (excludes halogenated alkanes) is 2. The summed E-state index contributed by atoms with van der Waals surface area (Å²) in [6.45, 7) is 2.24. The van der Waals surface area contributed by atoms with Gasteiger partial charge in [0, 0.05) is 20.2 Å². The van der Waals surface area contributed by atoms with Crippen LogP contribution in [0, 0.1) is 18.3 Å². The van der Waals surface area contributed by atoms with Gasteiger partial charge in [-0.2, -0.15) is 5.26 Å². The summed E-state index contributed by atoms with van der Waals surface area (Å²) in [6, 6.07) is 6.62. The highest BCUT2D eigenvalue weighted by Crippen LogP contribution is 2.20. The van der Waals surface area contributed by atoms with E-state index in [2.05, 4.69) is 0 Å². The molecule has 0 aliphatic heterocycles. The molecule has 0 heterocycles.